The minimum absolute atomic E-state index is 0.0231. The number of carbonyl (C=O) groups is 2. The predicted molar refractivity (Wildman–Crippen MR) is 173 cm³/mol. The number of carbonyl (C=O) groups excluding carboxylic acids is 2. The zero-order valence-electron chi connectivity index (χ0n) is 26.6. The Labute approximate surface area is 263 Å². The van der Waals surface area contributed by atoms with Gasteiger partial charge < -0.3 is 15.0 Å². The van der Waals surface area contributed by atoms with Crippen LogP contribution >= 0.6 is 0 Å². The Kier molecular flexibility index (Phi) is 11.1. The molecule has 1 atom stereocenters. The van der Waals surface area contributed by atoms with Gasteiger partial charge in [0.2, 0.25) is 11.9 Å². The Balaban J connectivity index is 1.12. The van der Waals surface area contributed by atoms with E-state index < -0.39 is 0 Å². The van der Waals surface area contributed by atoms with Crippen molar-refractivity contribution in [1.82, 2.24) is 25.0 Å². The van der Waals surface area contributed by atoms with Gasteiger partial charge in [0.1, 0.15) is 11.5 Å². The number of nitrogens with one attached hydrogen (secondary N) is 2. The molecule has 1 saturated heterocycles. The molecule has 4 heterocycles. The maximum Gasteiger partial charge on any atom is 0.263 e. The van der Waals surface area contributed by atoms with Crippen LogP contribution in [0, 0.1) is 6.92 Å². The quantitative estimate of drug-likeness (QED) is 0.135. The molecule has 0 aromatic carbocycles. The molecule has 0 spiro atoms. The molecule has 1 aliphatic heterocycles. The molecular weight excluding hydrogens is 574 g/mol. The molecule has 0 bridgehead atoms. The number of hydrogen-bond acceptors (Lipinski definition) is 10. The normalized spacial score (nSPS) is 17.0. The number of hydroxylamine groups is 1. The van der Waals surface area contributed by atoms with E-state index in [1.807, 2.05) is 25.4 Å². The third kappa shape index (κ3) is 8.23. The average molecular weight is 620 g/mol. The van der Waals surface area contributed by atoms with Crippen molar-refractivity contribution in [3.8, 4) is 0 Å². The highest BCUT2D eigenvalue weighted by Gasteiger charge is 2.26. The fraction of sp³-hybridized carbons (Fsp3) is 0.576. The number of rotatable bonds is 14. The monoisotopic (exact) mass is 619 g/mol. The highest BCUT2D eigenvalue weighted by molar-refractivity contribution is 5.99. The van der Waals surface area contributed by atoms with Crippen molar-refractivity contribution in [1.29, 1.82) is 0 Å². The Hall–Kier alpha value is -3.90. The van der Waals surface area contributed by atoms with Gasteiger partial charge in [-0.15, -0.1) is 0 Å². The van der Waals surface area contributed by atoms with E-state index in [4.69, 9.17) is 14.6 Å². The smallest absolute Gasteiger partial charge is 0.263 e. The maximum absolute atomic E-state index is 13.5. The van der Waals surface area contributed by atoms with E-state index in [1.165, 1.54) is 6.92 Å². The molecular formula is C33H45N7O5. The van der Waals surface area contributed by atoms with Crippen LogP contribution in [-0.4, -0.2) is 57.7 Å². The first-order chi connectivity index (χ1) is 21.8. The predicted octanol–water partition coefficient (Wildman–Crippen LogP) is 5.52. The van der Waals surface area contributed by atoms with Crippen LogP contribution in [0.1, 0.15) is 106 Å². The van der Waals surface area contributed by atoms with Gasteiger partial charge in [0, 0.05) is 50.7 Å². The van der Waals surface area contributed by atoms with Gasteiger partial charge >= 0.3 is 0 Å². The van der Waals surface area contributed by atoms with Gasteiger partial charge in [-0.25, -0.2) is 20.3 Å². The number of anilines is 3. The number of ketones is 1. The number of aryl methyl sites for hydroxylation is 1. The molecule has 2 N–H and O–H groups in total. The summed E-state index contributed by atoms with van der Waals surface area (Å²) in [7, 11) is 2.04. The average Bonchev–Trinajstić information content (AvgIpc) is 3.57. The largest absolute Gasteiger partial charge is 0.373 e. The minimum Gasteiger partial charge on any atom is -0.373 e. The van der Waals surface area contributed by atoms with E-state index in [0.717, 1.165) is 82.9 Å². The van der Waals surface area contributed by atoms with Gasteiger partial charge in [-0.2, -0.15) is 4.98 Å². The second-order valence-corrected chi connectivity index (χ2v) is 12.2. The summed E-state index contributed by atoms with van der Waals surface area (Å²) in [6.45, 7) is 4.78. The van der Waals surface area contributed by atoms with Crippen molar-refractivity contribution in [2.75, 3.05) is 30.4 Å². The van der Waals surface area contributed by atoms with Gasteiger partial charge in [0.05, 0.1) is 17.4 Å². The summed E-state index contributed by atoms with van der Waals surface area (Å²) < 4.78 is 7.16. The lowest BCUT2D eigenvalue weighted by Gasteiger charge is -2.22. The molecule has 0 radical (unpaired) electrons. The molecule has 5 rings (SSSR count). The van der Waals surface area contributed by atoms with Crippen LogP contribution in [0.15, 0.2) is 29.3 Å². The Morgan fingerprint density at radius 1 is 1.04 bits per heavy atom. The first-order valence-corrected chi connectivity index (χ1v) is 16.2. The topological polar surface area (TPSA) is 141 Å². The molecule has 1 saturated carbocycles. The van der Waals surface area contributed by atoms with Gasteiger partial charge in [0.15, 0.2) is 12.1 Å². The molecule has 12 nitrogen and oxygen atoms in total. The summed E-state index contributed by atoms with van der Waals surface area (Å²) in [4.78, 5) is 59.1. The molecule has 2 aliphatic rings. The zero-order valence-corrected chi connectivity index (χ0v) is 26.6. The van der Waals surface area contributed by atoms with Crippen LogP contribution in [0.5, 0.6) is 0 Å². The van der Waals surface area contributed by atoms with E-state index in [2.05, 4.69) is 25.7 Å². The van der Waals surface area contributed by atoms with Crippen molar-refractivity contribution < 1.29 is 19.2 Å². The van der Waals surface area contributed by atoms with E-state index >= 15 is 0 Å². The van der Waals surface area contributed by atoms with Crippen LogP contribution < -0.4 is 21.3 Å². The number of Topliss-reactive ketones (excluding diaryl/α,β-unsaturated/α-hetero) is 1. The van der Waals surface area contributed by atoms with Crippen molar-refractivity contribution in [3.05, 3.63) is 46.0 Å². The summed E-state index contributed by atoms with van der Waals surface area (Å²) in [5.74, 6) is 0.602. The van der Waals surface area contributed by atoms with Crippen LogP contribution in [0.3, 0.4) is 0 Å². The molecule has 1 aliphatic carbocycles. The number of amides is 1. The highest BCUT2D eigenvalue weighted by atomic mass is 16.8. The van der Waals surface area contributed by atoms with E-state index in [9.17, 15) is 14.4 Å². The third-order valence-electron chi connectivity index (χ3n) is 8.77. The zero-order chi connectivity index (χ0) is 31.8. The number of hydrogen-bond donors (Lipinski definition) is 2. The molecule has 2 fully saturated rings. The van der Waals surface area contributed by atoms with Gasteiger partial charge in [-0.05, 0) is 70.1 Å². The van der Waals surface area contributed by atoms with Gasteiger partial charge in [-0.1, -0.05) is 25.7 Å². The first kappa shape index (κ1) is 32.5. The van der Waals surface area contributed by atoms with E-state index in [-0.39, 0.29) is 35.1 Å². The summed E-state index contributed by atoms with van der Waals surface area (Å²) in [6.07, 6.45) is 14.2. The lowest BCUT2D eigenvalue weighted by atomic mass is 10.0. The van der Waals surface area contributed by atoms with E-state index in [0.29, 0.717) is 41.4 Å². The van der Waals surface area contributed by atoms with E-state index in [1.54, 1.807) is 17.7 Å². The number of unbranched alkanes of at least 4 members (excludes halogenated alkanes) is 3. The minimum atomic E-state index is -0.321. The number of aromatic nitrogens is 4. The molecule has 1 amide bonds. The summed E-state index contributed by atoms with van der Waals surface area (Å²) >= 11 is 0. The van der Waals surface area contributed by atoms with Crippen LogP contribution in [0.4, 0.5) is 17.5 Å². The SMILES string of the molecule is CC(=O)c1c(C)c2cnc(Nc3ccc(N(C)CCCCCCC(=O)NOC4CCCCO4)cn3)nc2n(C2CCCC2)c1=O. The molecule has 1 unspecified atom stereocenters. The van der Waals surface area contributed by atoms with Crippen molar-refractivity contribution >= 4 is 40.2 Å². The van der Waals surface area contributed by atoms with Crippen LogP contribution in [0.25, 0.3) is 11.0 Å². The van der Waals surface area contributed by atoms with Crippen molar-refractivity contribution in [2.24, 2.45) is 0 Å². The van der Waals surface area contributed by atoms with Gasteiger partial charge in [0.25, 0.3) is 5.56 Å². The maximum atomic E-state index is 13.5. The lowest BCUT2D eigenvalue weighted by molar-refractivity contribution is -0.200. The standard InChI is InChI=1S/C33H45N7O5/c1-22-26-21-35-33(37-31(26)40(24-12-7-8-13-24)32(43)30(22)23(2)41)36-27-17-16-25(20-34-27)39(3)18-10-5-4-6-14-28(42)38-45-29-15-9-11-19-44-29/h16-17,20-21,24,29H,4-15,18-19H2,1-3H3,(H,38,42)(H,34,35,36,37). The molecule has 3 aromatic rings. The second-order valence-electron chi connectivity index (χ2n) is 12.2. The Morgan fingerprint density at radius 3 is 2.53 bits per heavy atom. The number of nitrogens with zero attached hydrogens (tertiary/aromatic N) is 5. The number of fused-ring (bicyclic) bond motifs is 1. The van der Waals surface area contributed by atoms with Crippen LogP contribution in [-0.2, 0) is 14.4 Å². The lowest BCUT2D eigenvalue weighted by Crippen LogP contribution is -2.32. The Bertz CT molecular complexity index is 1530. The van der Waals surface area contributed by atoms with Gasteiger partial charge in [-0.3, -0.25) is 19.0 Å². The third-order valence-corrected chi connectivity index (χ3v) is 8.77. The number of pyridine rings is 2. The molecule has 12 heteroatoms. The van der Waals surface area contributed by atoms with Crippen molar-refractivity contribution in [3.63, 3.8) is 0 Å². The molecule has 242 valence electrons. The summed E-state index contributed by atoms with van der Waals surface area (Å²) in [5.41, 5.74) is 4.63. The Morgan fingerprint density at radius 2 is 1.82 bits per heavy atom. The summed E-state index contributed by atoms with van der Waals surface area (Å²) in [6, 6.07) is 3.90. The molecule has 3 aromatic heterocycles. The van der Waals surface area contributed by atoms with Crippen LogP contribution in [0.2, 0.25) is 0 Å². The first-order valence-electron chi connectivity index (χ1n) is 16.2. The fourth-order valence-corrected chi connectivity index (χ4v) is 6.21. The second kappa shape index (κ2) is 15.4. The molecule has 45 heavy (non-hydrogen) atoms. The fourth-order valence-electron chi connectivity index (χ4n) is 6.21. The number of ether oxygens (including phenoxy) is 1. The highest BCUT2D eigenvalue weighted by Crippen LogP contribution is 2.32. The van der Waals surface area contributed by atoms with Crippen molar-refractivity contribution in [2.45, 2.75) is 103 Å². The summed E-state index contributed by atoms with van der Waals surface area (Å²) in [5, 5.41) is 3.89.